The molecule has 0 amide bonds. The smallest absolute Gasteiger partial charge is 1.00 e. The monoisotopic (exact) mass is 147 g/mol. The summed E-state index contributed by atoms with van der Waals surface area (Å²) in [5, 5.41) is 0. The Labute approximate surface area is 91.0 Å². The summed E-state index contributed by atoms with van der Waals surface area (Å²) in [4.78, 5) is 0. The topological polar surface area (TPSA) is 91.9 Å². The number of hydrogen-bond acceptors (Lipinski definition) is 2. The van der Waals surface area contributed by atoms with Crippen molar-refractivity contribution in [1.29, 1.82) is 0 Å². The molecule has 0 saturated heterocycles. The Bertz CT molecular complexity index is 39.5. The first-order valence-electron chi connectivity index (χ1n) is 0.516. The van der Waals surface area contributed by atoms with Gasteiger partial charge in [0.2, 0.25) is 0 Å². The zero-order valence-corrected chi connectivity index (χ0v) is 8.99. The van der Waals surface area contributed by atoms with Crippen molar-refractivity contribution in [2.45, 2.75) is 0 Å². The van der Waals surface area contributed by atoms with Crippen molar-refractivity contribution in [3.8, 4) is 0 Å². The Balaban J connectivity index is -0.00000000450. The van der Waals surface area contributed by atoms with Crippen molar-refractivity contribution in [2.24, 2.45) is 0 Å². The van der Waals surface area contributed by atoms with Gasteiger partial charge in [-0.15, -0.1) is 0 Å². The molecule has 0 aromatic rings. The first kappa shape index (κ1) is 23.0. The van der Waals surface area contributed by atoms with E-state index in [1.165, 1.54) is 0 Å². The number of hydrogen-bond donors (Lipinski definition) is 1. The van der Waals surface area contributed by atoms with E-state index in [2.05, 4.69) is 0 Å². The van der Waals surface area contributed by atoms with Crippen LogP contribution in [0.25, 0.3) is 0 Å². The molecule has 0 aliphatic heterocycles. The van der Waals surface area contributed by atoms with Crippen LogP contribution in [0.1, 0.15) is 2.85 Å². The van der Waals surface area contributed by atoms with E-state index in [9.17, 15) is 0 Å². The fourth-order valence-electron chi connectivity index (χ4n) is 0. The molecule has 0 radical (unpaired) electrons. The summed E-state index contributed by atoms with van der Waals surface area (Å²) >= 11 is -2.86. The van der Waals surface area contributed by atoms with E-state index < -0.39 is 11.4 Å². The van der Waals surface area contributed by atoms with Gasteiger partial charge in [-0.05, 0) is 0 Å². The van der Waals surface area contributed by atoms with Crippen LogP contribution in [0.4, 0.5) is 0 Å². The fraction of sp³-hybridized carbons (Fsp3) is 0. The van der Waals surface area contributed by atoms with Gasteiger partial charge in [0.05, 0.1) is 11.4 Å². The second-order valence-electron chi connectivity index (χ2n) is 0.217. The second kappa shape index (κ2) is 15.7. The third-order valence-corrected chi connectivity index (χ3v) is 0. The maximum atomic E-state index is 8.56. The Hall–Kier alpha value is 2.03. The van der Waals surface area contributed by atoms with Crippen molar-refractivity contribution in [2.75, 3.05) is 0 Å². The molecule has 1 atom stereocenters. The Morgan fingerprint density at radius 1 is 1.57 bits per heavy atom. The molecule has 0 saturated carbocycles. The first-order chi connectivity index (χ1) is 1.73. The maximum Gasteiger partial charge on any atom is 1.00 e. The molecule has 3 N–H and O–H groups in total. The second-order valence-corrected chi connectivity index (χ2v) is 0.651. The van der Waals surface area contributed by atoms with Gasteiger partial charge in [-0.1, -0.05) is 0 Å². The SMILES string of the molecule is O.O=S([O-])O.[H-].[H-].[Na+].[Na+]. The van der Waals surface area contributed by atoms with Crippen molar-refractivity contribution in [3.63, 3.8) is 0 Å². The minimum atomic E-state index is -2.86. The predicted molar refractivity (Wildman–Crippen MR) is 17.4 cm³/mol. The fourth-order valence-corrected chi connectivity index (χ4v) is 0. The zero-order chi connectivity index (χ0) is 3.58. The van der Waals surface area contributed by atoms with E-state index in [1.807, 2.05) is 0 Å². The van der Waals surface area contributed by atoms with Gasteiger partial charge in [-0.2, -0.15) is 0 Å². The van der Waals surface area contributed by atoms with E-state index in [1.54, 1.807) is 0 Å². The summed E-state index contributed by atoms with van der Waals surface area (Å²) in [7, 11) is 0. The van der Waals surface area contributed by atoms with E-state index in [4.69, 9.17) is 13.3 Å². The molecule has 38 valence electrons. The molecule has 7 heavy (non-hydrogen) atoms. The van der Waals surface area contributed by atoms with E-state index in [0.29, 0.717) is 0 Å². The summed E-state index contributed by atoms with van der Waals surface area (Å²) < 4.78 is 24.1. The molecule has 7 heteroatoms. The summed E-state index contributed by atoms with van der Waals surface area (Å²) in [6.45, 7) is 0. The Kier molecular flexibility index (Phi) is 51.6. The maximum absolute atomic E-state index is 8.56. The van der Waals surface area contributed by atoms with Gasteiger partial charge in [0, 0.05) is 0 Å². The van der Waals surface area contributed by atoms with Crippen LogP contribution in [-0.2, 0) is 11.4 Å². The molecule has 4 nitrogen and oxygen atoms in total. The first-order valence-corrected chi connectivity index (χ1v) is 1.55. The van der Waals surface area contributed by atoms with Crippen molar-refractivity contribution >= 4 is 11.4 Å². The summed E-state index contributed by atoms with van der Waals surface area (Å²) in [5.74, 6) is 0. The molecule has 1 unspecified atom stereocenters. The predicted octanol–water partition coefficient (Wildman–Crippen LogP) is -7.25. The van der Waals surface area contributed by atoms with E-state index in [0.717, 1.165) is 0 Å². The van der Waals surface area contributed by atoms with Gasteiger partial charge < -0.3 is 17.4 Å². The minimum Gasteiger partial charge on any atom is -1.00 e. The normalized spacial score (nSPS) is 8.86. The van der Waals surface area contributed by atoms with Crippen LogP contribution >= 0.6 is 0 Å². The Morgan fingerprint density at radius 3 is 1.57 bits per heavy atom. The Morgan fingerprint density at radius 2 is 1.57 bits per heavy atom. The van der Waals surface area contributed by atoms with Crippen LogP contribution in [0.3, 0.4) is 0 Å². The van der Waals surface area contributed by atoms with Crippen LogP contribution in [0.2, 0.25) is 0 Å². The average Bonchev–Trinajstić information content (AvgIpc) is 0.811. The van der Waals surface area contributed by atoms with Crippen LogP contribution in [0.15, 0.2) is 0 Å². The minimum absolute atomic E-state index is 0. The number of rotatable bonds is 0. The zero-order valence-electron chi connectivity index (χ0n) is 6.17. The molecule has 0 aliphatic rings. The largest absolute Gasteiger partial charge is 1.00 e. The van der Waals surface area contributed by atoms with Gasteiger partial charge in [-0.3, -0.25) is 0 Å². The van der Waals surface area contributed by atoms with Crippen molar-refractivity contribution in [1.82, 2.24) is 0 Å². The van der Waals surface area contributed by atoms with Gasteiger partial charge in [0.25, 0.3) is 0 Å². The average molecular weight is 147 g/mol. The molecule has 0 rings (SSSR count). The van der Waals surface area contributed by atoms with Gasteiger partial charge in [0.1, 0.15) is 0 Å². The molecule has 0 fully saturated rings. The van der Waals surface area contributed by atoms with E-state index >= 15 is 0 Å². The van der Waals surface area contributed by atoms with Gasteiger partial charge >= 0.3 is 59.1 Å². The molecular weight excluding hydrogens is 142 g/mol. The van der Waals surface area contributed by atoms with E-state index in [-0.39, 0.29) is 67.4 Å². The molecule has 0 aliphatic carbocycles. The van der Waals surface area contributed by atoms with Crippen LogP contribution in [0.5, 0.6) is 0 Å². The molecule has 0 aromatic heterocycles. The molecule has 0 heterocycles. The standard InChI is InChI=1S/2Na.H2O3S.H2O.2H/c;;1-4(2)3;;;/h;;(H2,1,2,3);1H2;;/q2*+1;;;2*-1/p-1. The quantitative estimate of drug-likeness (QED) is 0.272. The third kappa shape index (κ3) is 70.9. The van der Waals surface area contributed by atoms with Crippen molar-refractivity contribution < 1.29 is 80.8 Å². The van der Waals surface area contributed by atoms with Crippen molar-refractivity contribution in [3.05, 3.63) is 0 Å². The molecule has 0 spiro atoms. The summed E-state index contributed by atoms with van der Waals surface area (Å²) in [6, 6.07) is 0. The van der Waals surface area contributed by atoms with Crippen LogP contribution in [-0.4, -0.2) is 18.8 Å². The molecule has 0 aromatic carbocycles. The van der Waals surface area contributed by atoms with Crippen LogP contribution in [0, 0.1) is 0 Å². The van der Waals surface area contributed by atoms with Gasteiger partial charge in [-0.25, -0.2) is 4.21 Å². The third-order valence-electron chi connectivity index (χ3n) is 0. The summed E-state index contributed by atoms with van der Waals surface area (Å²) in [6.07, 6.45) is 0. The molecular formula is H5Na2O4S-. The van der Waals surface area contributed by atoms with Crippen LogP contribution < -0.4 is 59.1 Å². The summed E-state index contributed by atoms with van der Waals surface area (Å²) in [5.41, 5.74) is 0. The van der Waals surface area contributed by atoms with Gasteiger partial charge in [0.15, 0.2) is 0 Å². The molecule has 0 bridgehead atoms.